The second-order valence-corrected chi connectivity index (χ2v) is 5.20. The van der Waals surface area contributed by atoms with Gasteiger partial charge in [-0.15, -0.1) is 0 Å². The molecule has 0 aromatic heterocycles. The summed E-state index contributed by atoms with van der Waals surface area (Å²) in [6.45, 7) is 2.29. The Bertz CT molecular complexity index is 591. The lowest BCUT2D eigenvalue weighted by molar-refractivity contribution is 0.586. The van der Waals surface area contributed by atoms with E-state index in [0.29, 0.717) is 13.0 Å². The van der Waals surface area contributed by atoms with Crippen molar-refractivity contribution in [2.24, 2.45) is 5.73 Å². The number of rotatable bonds is 5. The smallest absolute Gasteiger partial charge is 0.299 e. The minimum atomic E-state index is -3.67. The molecule has 0 atom stereocenters. The lowest BCUT2D eigenvalue weighted by atomic mass is 10.2. The zero-order valence-electron chi connectivity index (χ0n) is 10.5. The van der Waals surface area contributed by atoms with E-state index in [1.165, 1.54) is 12.1 Å². The Morgan fingerprint density at radius 3 is 2.74 bits per heavy atom. The lowest BCUT2D eigenvalue weighted by Gasteiger charge is -2.08. The third kappa shape index (κ3) is 5.26. The minimum Gasteiger partial charge on any atom is -0.320 e. The molecule has 0 spiro atoms. The molecule has 0 aliphatic carbocycles. The van der Waals surface area contributed by atoms with Crippen molar-refractivity contribution < 1.29 is 12.8 Å². The first-order valence-electron chi connectivity index (χ1n) is 5.74. The monoisotopic (exact) mass is 285 g/mol. The molecule has 104 valence electrons. The van der Waals surface area contributed by atoms with E-state index in [1.54, 1.807) is 0 Å². The molecule has 0 aliphatic rings. The van der Waals surface area contributed by atoms with Gasteiger partial charge in [-0.25, -0.2) is 4.39 Å². The van der Waals surface area contributed by atoms with Crippen molar-refractivity contribution in [3.05, 3.63) is 29.6 Å². The van der Waals surface area contributed by atoms with Crippen molar-refractivity contribution in [2.75, 3.05) is 17.8 Å². The minimum absolute atomic E-state index is 0.134. The molecule has 0 fully saturated rings. The first-order valence-corrected chi connectivity index (χ1v) is 7.22. The van der Waals surface area contributed by atoms with Gasteiger partial charge in [0.25, 0.3) is 10.2 Å². The van der Waals surface area contributed by atoms with E-state index >= 15 is 0 Å². The first-order chi connectivity index (χ1) is 8.98. The molecule has 1 aromatic rings. The van der Waals surface area contributed by atoms with E-state index in [1.807, 2.05) is 6.92 Å². The number of halogens is 1. The van der Waals surface area contributed by atoms with Crippen LogP contribution in [-0.4, -0.2) is 21.5 Å². The maximum absolute atomic E-state index is 13.6. The Morgan fingerprint density at radius 1 is 1.42 bits per heavy atom. The Kier molecular flexibility index (Phi) is 5.76. The number of hydrogen-bond acceptors (Lipinski definition) is 3. The largest absolute Gasteiger partial charge is 0.320 e. The lowest BCUT2D eigenvalue weighted by Crippen LogP contribution is -2.30. The summed E-state index contributed by atoms with van der Waals surface area (Å²) >= 11 is 0. The quantitative estimate of drug-likeness (QED) is 0.699. The van der Waals surface area contributed by atoms with Gasteiger partial charge in [-0.05, 0) is 24.6 Å². The van der Waals surface area contributed by atoms with Gasteiger partial charge in [0.2, 0.25) is 0 Å². The summed E-state index contributed by atoms with van der Waals surface area (Å²) in [6.07, 6.45) is 0.670. The summed E-state index contributed by atoms with van der Waals surface area (Å²) in [4.78, 5) is 0. The van der Waals surface area contributed by atoms with E-state index in [0.717, 1.165) is 6.07 Å². The molecule has 0 aliphatic heterocycles. The van der Waals surface area contributed by atoms with Gasteiger partial charge >= 0.3 is 0 Å². The molecule has 1 aromatic carbocycles. The van der Waals surface area contributed by atoms with Crippen LogP contribution in [0.3, 0.4) is 0 Å². The number of nitrogens with two attached hydrogens (primary N) is 1. The second-order valence-electron chi connectivity index (χ2n) is 3.70. The fraction of sp³-hybridized carbons (Fsp3) is 0.333. The van der Waals surface area contributed by atoms with Crippen LogP contribution in [0.2, 0.25) is 0 Å². The van der Waals surface area contributed by atoms with Gasteiger partial charge in [-0.1, -0.05) is 18.8 Å². The van der Waals surface area contributed by atoms with E-state index < -0.39 is 16.0 Å². The van der Waals surface area contributed by atoms with Crippen LogP contribution in [0.15, 0.2) is 18.2 Å². The van der Waals surface area contributed by atoms with Crippen LogP contribution in [0, 0.1) is 17.7 Å². The maximum atomic E-state index is 13.6. The molecule has 7 heteroatoms. The molecule has 4 N–H and O–H groups in total. The highest BCUT2D eigenvalue weighted by atomic mass is 32.2. The highest BCUT2D eigenvalue weighted by Gasteiger charge is 2.09. The van der Waals surface area contributed by atoms with Gasteiger partial charge in [0.15, 0.2) is 0 Å². The van der Waals surface area contributed by atoms with Crippen LogP contribution in [-0.2, 0) is 10.2 Å². The zero-order valence-corrected chi connectivity index (χ0v) is 11.3. The van der Waals surface area contributed by atoms with Crippen molar-refractivity contribution in [1.82, 2.24) is 4.72 Å². The predicted molar refractivity (Wildman–Crippen MR) is 73.2 cm³/mol. The van der Waals surface area contributed by atoms with Crippen LogP contribution in [0.1, 0.15) is 18.9 Å². The van der Waals surface area contributed by atoms with Crippen molar-refractivity contribution in [2.45, 2.75) is 13.3 Å². The standard InChI is InChI=1S/C12H16FN3O2S/c1-2-8-15-19(17,18)16-11-6-5-10(4-3-7-14)12(13)9-11/h5-6,9,15-16H,2,7-8,14H2,1H3. The van der Waals surface area contributed by atoms with Gasteiger partial charge in [-0.3, -0.25) is 4.72 Å². The molecule has 5 nitrogen and oxygen atoms in total. The summed E-state index contributed by atoms with van der Waals surface area (Å²) in [5, 5.41) is 0. The summed E-state index contributed by atoms with van der Waals surface area (Å²) < 4.78 is 41.2. The SMILES string of the molecule is CCCNS(=O)(=O)Nc1ccc(C#CCN)c(F)c1. The summed E-state index contributed by atoms with van der Waals surface area (Å²) in [5.41, 5.74) is 5.50. The fourth-order valence-electron chi connectivity index (χ4n) is 1.25. The van der Waals surface area contributed by atoms with Gasteiger partial charge in [0.1, 0.15) is 5.82 Å². The summed E-state index contributed by atoms with van der Waals surface area (Å²) in [7, 11) is -3.67. The van der Waals surface area contributed by atoms with Crippen LogP contribution >= 0.6 is 0 Å². The highest BCUT2D eigenvalue weighted by molar-refractivity contribution is 7.90. The topological polar surface area (TPSA) is 84.2 Å². The molecular formula is C12H16FN3O2S. The molecule has 0 saturated heterocycles. The van der Waals surface area contributed by atoms with E-state index in [2.05, 4.69) is 21.3 Å². The van der Waals surface area contributed by atoms with Crippen molar-refractivity contribution in [3.63, 3.8) is 0 Å². The Labute approximate surface area is 112 Å². The third-order valence-corrected chi connectivity index (χ3v) is 3.18. The average Bonchev–Trinajstić information content (AvgIpc) is 2.35. The Morgan fingerprint density at radius 2 is 2.16 bits per heavy atom. The fourth-order valence-corrected chi connectivity index (χ4v) is 2.24. The van der Waals surface area contributed by atoms with E-state index in [-0.39, 0.29) is 17.8 Å². The summed E-state index contributed by atoms with van der Waals surface area (Å²) in [5.74, 6) is 4.48. The molecule has 0 radical (unpaired) electrons. The summed E-state index contributed by atoms with van der Waals surface area (Å²) in [6, 6.07) is 3.91. The molecule has 0 bridgehead atoms. The maximum Gasteiger partial charge on any atom is 0.299 e. The Hall–Kier alpha value is -1.62. The van der Waals surface area contributed by atoms with Crippen molar-refractivity contribution >= 4 is 15.9 Å². The molecule has 0 heterocycles. The molecule has 1 rings (SSSR count). The molecule has 19 heavy (non-hydrogen) atoms. The van der Waals surface area contributed by atoms with Gasteiger partial charge in [-0.2, -0.15) is 13.1 Å². The molecular weight excluding hydrogens is 269 g/mol. The van der Waals surface area contributed by atoms with Crippen LogP contribution in [0.5, 0.6) is 0 Å². The van der Waals surface area contributed by atoms with E-state index in [4.69, 9.17) is 5.73 Å². The Balaban J connectivity index is 2.84. The first kappa shape index (κ1) is 15.4. The zero-order chi connectivity index (χ0) is 14.3. The molecule has 0 amide bonds. The number of nitrogens with one attached hydrogen (secondary N) is 2. The van der Waals surface area contributed by atoms with Gasteiger partial charge < -0.3 is 5.73 Å². The van der Waals surface area contributed by atoms with Crippen molar-refractivity contribution in [3.8, 4) is 11.8 Å². The van der Waals surface area contributed by atoms with Crippen LogP contribution in [0.25, 0.3) is 0 Å². The second kappa shape index (κ2) is 7.09. The molecule has 0 saturated carbocycles. The normalized spacial score (nSPS) is 10.7. The highest BCUT2D eigenvalue weighted by Crippen LogP contribution is 2.14. The van der Waals surface area contributed by atoms with Crippen LogP contribution < -0.4 is 15.2 Å². The van der Waals surface area contributed by atoms with E-state index in [9.17, 15) is 12.8 Å². The number of anilines is 1. The average molecular weight is 285 g/mol. The van der Waals surface area contributed by atoms with Gasteiger partial charge in [0, 0.05) is 6.54 Å². The van der Waals surface area contributed by atoms with Gasteiger partial charge in [0.05, 0.1) is 17.8 Å². The van der Waals surface area contributed by atoms with Crippen LogP contribution in [0.4, 0.5) is 10.1 Å². The number of hydrogen-bond donors (Lipinski definition) is 3. The number of benzene rings is 1. The third-order valence-electron chi connectivity index (χ3n) is 2.09. The molecule has 0 unspecified atom stereocenters. The predicted octanol–water partition coefficient (Wildman–Crippen LogP) is 0.792. The van der Waals surface area contributed by atoms with Crippen molar-refractivity contribution in [1.29, 1.82) is 0 Å².